The van der Waals surface area contributed by atoms with Crippen molar-refractivity contribution in [3.8, 4) is 0 Å². The quantitative estimate of drug-likeness (QED) is 0.765. The fourth-order valence-electron chi connectivity index (χ4n) is 3.11. The van der Waals surface area contributed by atoms with Crippen LogP contribution in [0.15, 0.2) is 54.6 Å². The molecule has 2 aromatic carbocycles. The third-order valence-electron chi connectivity index (χ3n) is 4.24. The number of hydrogen-bond donors (Lipinski definition) is 0. The van der Waals surface area contributed by atoms with Gasteiger partial charge in [-0.1, -0.05) is 68.4 Å². The van der Waals surface area contributed by atoms with E-state index in [9.17, 15) is 0 Å². The van der Waals surface area contributed by atoms with E-state index in [0.717, 1.165) is 13.0 Å². The Labute approximate surface area is 121 Å². The first-order valence-electron chi connectivity index (χ1n) is 7.50. The molecule has 0 aliphatic carbocycles. The normalized spacial score (nSPS) is 21.1. The summed E-state index contributed by atoms with van der Waals surface area (Å²) in [6.07, 6.45) is 2.22. The predicted octanol–water partition coefficient (Wildman–Crippen LogP) is 4.90. The van der Waals surface area contributed by atoms with E-state index in [0.29, 0.717) is 5.92 Å². The van der Waals surface area contributed by atoms with E-state index in [4.69, 9.17) is 4.74 Å². The van der Waals surface area contributed by atoms with Gasteiger partial charge in [0.15, 0.2) is 0 Å². The molecule has 2 aromatic rings. The maximum Gasteiger partial charge on any atom is 0.119 e. The first-order chi connectivity index (χ1) is 9.72. The number of rotatable bonds is 4. The standard InChI is InChI=1S/C19H22O/c1-15(2)12-13-19(17-9-4-3-5-10-17)18-11-7-6-8-16(18)14-20-19/h3-11,15H,12-14H2,1-2H3. The van der Waals surface area contributed by atoms with Gasteiger partial charge in [-0.15, -0.1) is 0 Å². The lowest BCUT2D eigenvalue weighted by molar-refractivity contribution is -0.0151. The Hall–Kier alpha value is -1.60. The molecular weight excluding hydrogens is 244 g/mol. The lowest BCUT2D eigenvalue weighted by Gasteiger charge is -2.31. The van der Waals surface area contributed by atoms with Gasteiger partial charge in [0.05, 0.1) is 6.61 Å². The van der Waals surface area contributed by atoms with E-state index < -0.39 is 0 Å². The monoisotopic (exact) mass is 266 g/mol. The van der Waals surface area contributed by atoms with Gasteiger partial charge in [-0.05, 0) is 35.4 Å². The molecule has 1 heterocycles. The summed E-state index contributed by atoms with van der Waals surface area (Å²) >= 11 is 0. The molecule has 0 N–H and O–H groups in total. The zero-order valence-corrected chi connectivity index (χ0v) is 12.3. The molecule has 1 aliphatic heterocycles. The molecule has 0 spiro atoms. The van der Waals surface area contributed by atoms with Crippen molar-refractivity contribution in [3.63, 3.8) is 0 Å². The average molecular weight is 266 g/mol. The topological polar surface area (TPSA) is 9.23 Å². The second-order valence-corrected chi connectivity index (χ2v) is 6.07. The van der Waals surface area contributed by atoms with Gasteiger partial charge in [0, 0.05) is 0 Å². The number of benzene rings is 2. The van der Waals surface area contributed by atoms with Crippen molar-refractivity contribution >= 4 is 0 Å². The van der Waals surface area contributed by atoms with Crippen LogP contribution < -0.4 is 0 Å². The summed E-state index contributed by atoms with van der Waals surface area (Å²) in [5.74, 6) is 0.687. The molecule has 1 aliphatic rings. The minimum Gasteiger partial charge on any atom is -0.361 e. The van der Waals surface area contributed by atoms with Gasteiger partial charge < -0.3 is 4.74 Å². The van der Waals surface area contributed by atoms with Crippen LogP contribution in [0, 0.1) is 5.92 Å². The van der Waals surface area contributed by atoms with Crippen molar-refractivity contribution in [2.45, 2.75) is 38.9 Å². The first kappa shape index (κ1) is 13.4. The molecule has 20 heavy (non-hydrogen) atoms. The van der Waals surface area contributed by atoms with Crippen molar-refractivity contribution in [3.05, 3.63) is 71.3 Å². The average Bonchev–Trinajstić information content (AvgIpc) is 2.86. The lowest BCUT2D eigenvalue weighted by Crippen LogP contribution is -2.27. The molecule has 0 aromatic heterocycles. The van der Waals surface area contributed by atoms with Crippen molar-refractivity contribution in [2.24, 2.45) is 5.92 Å². The largest absolute Gasteiger partial charge is 0.361 e. The third kappa shape index (κ3) is 2.27. The second kappa shape index (κ2) is 5.41. The van der Waals surface area contributed by atoms with Crippen LogP contribution in [0.2, 0.25) is 0 Å². The molecule has 0 bridgehead atoms. The SMILES string of the molecule is CC(C)CCC1(c2ccccc2)OCc2ccccc21. The van der Waals surface area contributed by atoms with Crippen molar-refractivity contribution in [2.75, 3.05) is 0 Å². The first-order valence-corrected chi connectivity index (χ1v) is 7.50. The number of fused-ring (bicyclic) bond motifs is 1. The van der Waals surface area contributed by atoms with Crippen LogP contribution in [0.1, 0.15) is 43.4 Å². The minimum atomic E-state index is -0.248. The number of ether oxygens (including phenoxy) is 1. The van der Waals surface area contributed by atoms with E-state index in [1.165, 1.54) is 23.1 Å². The molecule has 104 valence electrons. The van der Waals surface area contributed by atoms with Crippen LogP contribution in [0.5, 0.6) is 0 Å². The van der Waals surface area contributed by atoms with Gasteiger partial charge in [-0.3, -0.25) is 0 Å². The maximum atomic E-state index is 6.35. The fraction of sp³-hybridized carbons (Fsp3) is 0.368. The van der Waals surface area contributed by atoms with Gasteiger partial charge in [-0.2, -0.15) is 0 Å². The van der Waals surface area contributed by atoms with Gasteiger partial charge >= 0.3 is 0 Å². The summed E-state index contributed by atoms with van der Waals surface area (Å²) in [5, 5.41) is 0. The summed E-state index contributed by atoms with van der Waals surface area (Å²) in [5.41, 5.74) is 3.72. The summed E-state index contributed by atoms with van der Waals surface area (Å²) in [6.45, 7) is 5.28. The van der Waals surface area contributed by atoms with Crippen LogP contribution in [-0.2, 0) is 16.9 Å². The Balaban J connectivity index is 2.06. The summed E-state index contributed by atoms with van der Waals surface area (Å²) in [4.78, 5) is 0. The van der Waals surface area contributed by atoms with E-state index >= 15 is 0 Å². The lowest BCUT2D eigenvalue weighted by atomic mass is 9.81. The molecule has 0 amide bonds. The maximum absolute atomic E-state index is 6.35. The molecule has 0 radical (unpaired) electrons. The fourth-order valence-corrected chi connectivity index (χ4v) is 3.11. The predicted molar refractivity (Wildman–Crippen MR) is 82.5 cm³/mol. The molecule has 0 saturated carbocycles. The Morgan fingerprint density at radius 1 is 1.00 bits per heavy atom. The van der Waals surface area contributed by atoms with Gasteiger partial charge in [-0.25, -0.2) is 0 Å². The molecule has 1 atom stereocenters. The van der Waals surface area contributed by atoms with Crippen LogP contribution in [0.3, 0.4) is 0 Å². The highest BCUT2D eigenvalue weighted by atomic mass is 16.5. The van der Waals surface area contributed by atoms with Crippen LogP contribution in [0.4, 0.5) is 0 Å². The Bertz CT molecular complexity index is 573. The van der Waals surface area contributed by atoms with E-state index in [-0.39, 0.29) is 5.60 Å². The van der Waals surface area contributed by atoms with Crippen molar-refractivity contribution in [1.29, 1.82) is 0 Å². The van der Waals surface area contributed by atoms with E-state index in [1.54, 1.807) is 0 Å². The molecule has 1 nitrogen and oxygen atoms in total. The van der Waals surface area contributed by atoms with Gasteiger partial charge in [0.1, 0.15) is 5.60 Å². The van der Waals surface area contributed by atoms with Crippen molar-refractivity contribution in [1.82, 2.24) is 0 Å². The molecule has 3 rings (SSSR count). The highest BCUT2D eigenvalue weighted by molar-refractivity contribution is 5.43. The number of hydrogen-bond acceptors (Lipinski definition) is 1. The van der Waals surface area contributed by atoms with E-state index in [1.807, 2.05) is 0 Å². The molecule has 1 unspecified atom stereocenters. The Morgan fingerprint density at radius 3 is 2.45 bits per heavy atom. The molecule has 0 saturated heterocycles. The zero-order valence-electron chi connectivity index (χ0n) is 12.3. The van der Waals surface area contributed by atoms with Crippen LogP contribution in [0.25, 0.3) is 0 Å². The smallest absolute Gasteiger partial charge is 0.119 e. The highest BCUT2D eigenvalue weighted by Crippen LogP contribution is 2.45. The molecule has 1 heteroatoms. The highest BCUT2D eigenvalue weighted by Gasteiger charge is 2.40. The summed E-state index contributed by atoms with van der Waals surface area (Å²) < 4.78 is 6.35. The minimum absolute atomic E-state index is 0.248. The van der Waals surface area contributed by atoms with Crippen LogP contribution in [-0.4, -0.2) is 0 Å². The van der Waals surface area contributed by atoms with E-state index in [2.05, 4.69) is 68.4 Å². The Morgan fingerprint density at radius 2 is 1.70 bits per heavy atom. The second-order valence-electron chi connectivity index (χ2n) is 6.07. The van der Waals surface area contributed by atoms with Crippen LogP contribution >= 0.6 is 0 Å². The molecule has 0 fully saturated rings. The van der Waals surface area contributed by atoms with Crippen molar-refractivity contribution < 1.29 is 4.74 Å². The summed E-state index contributed by atoms with van der Waals surface area (Å²) in [7, 11) is 0. The molecular formula is C19H22O. The third-order valence-corrected chi connectivity index (χ3v) is 4.24. The Kier molecular flexibility index (Phi) is 3.62. The zero-order chi connectivity index (χ0) is 14.0. The summed E-state index contributed by atoms with van der Waals surface area (Å²) in [6, 6.07) is 19.3. The van der Waals surface area contributed by atoms with Gasteiger partial charge in [0.2, 0.25) is 0 Å². The van der Waals surface area contributed by atoms with Gasteiger partial charge in [0.25, 0.3) is 0 Å².